The number of nitrogens with zero attached hydrogens (tertiary/aromatic N) is 1. The molecule has 8 heteroatoms. The summed E-state index contributed by atoms with van der Waals surface area (Å²) < 4.78 is 16.7. The van der Waals surface area contributed by atoms with E-state index < -0.39 is 5.41 Å². The molecule has 0 unspecified atom stereocenters. The van der Waals surface area contributed by atoms with E-state index in [1.165, 1.54) is 37.7 Å². The summed E-state index contributed by atoms with van der Waals surface area (Å²) in [7, 11) is 6.40. The monoisotopic (exact) mass is 975 g/mol. The smallest absolute Gasteiger partial charge is 0.143 e. The van der Waals surface area contributed by atoms with Crippen LogP contribution in [-0.2, 0) is 5.41 Å². The van der Waals surface area contributed by atoms with Gasteiger partial charge in [0.2, 0.25) is 0 Å². The highest BCUT2D eigenvalue weighted by molar-refractivity contribution is 7.26. The number of rotatable bonds is 6. The van der Waals surface area contributed by atoms with Crippen LogP contribution >= 0.6 is 11.3 Å². The summed E-state index contributed by atoms with van der Waals surface area (Å²) in [5.41, 5.74) is 19.6. The zero-order valence-electron chi connectivity index (χ0n) is 41.5. The van der Waals surface area contributed by atoms with Gasteiger partial charge in [0.05, 0.1) is 16.5 Å². The number of thiophene rings is 1. The Balaban J connectivity index is 1.09. The number of aromatic hydroxyl groups is 1. The third-order valence-corrected chi connectivity index (χ3v) is 17.5. The molecule has 350 valence electrons. The fourth-order valence-corrected chi connectivity index (χ4v) is 14.1. The van der Waals surface area contributed by atoms with Crippen LogP contribution in [-0.4, -0.2) is 28.6 Å². The molecular weight excluding hydrogens is 931 g/mol. The Morgan fingerprint density at radius 1 is 0.440 bits per heavy atom. The molecule has 0 saturated carbocycles. The average molecular weight is 976 g/mol. The van der Waals surface area contributed by atoms with Crippen molar-refractivity contribution in [1.82, 2.24) is 0 Å². The van der Waals surface area contributed by atoms with E-state index >= 15 is 0 Å². The molecule has 1 spiro atoms. The van der Waals surface area contributed by atoms with Crippen molar-refractivity contribution in [1.29, 1.82) is 0 Å². The lowest BCUT2D eigenvalue weighted by atomic mass is 9.64. The number of ether oxygens (including phenoxy) is 1. The van der Waals surface area contributed by atoms with Gasteiger partial charge in [0.25, 0.3) is 0 Å². The number of anilines is 3. The number of para-hydroxylation sites is 2. The normalized spacial score (nSPS) is 13.0. The molecule has 0 amide bonds. The first-order valence-corrected chi connectivity index (χ1v) is 26.4. The summed E-state index contributed by atoms with van der Waals surface area (Å²) in [6, 6.07) is 80.5. The second-order valence-electron chi connectivity index (χ2n) is 20.1. The van der Waals surface area contributed by atoms with E-state index in [1.54, 1.807) is 11.3 Å². The lowest BCUT2D eigenvalue weighted by molar-refractivity contribution is 0.438. The molecule has 0 atom stereocenters. The van der Waals surface area contributed by atoms with Crippen LogP contribution in [0, 0.1) is 0 Å². The van der Waals surface area contributed by atoms with Gasteiger partial charge >= 0.3 is 0 Å². The van der Waals surface area contributed by atoms with Crippen LogP contribution < -0.4 is 26.0 Å². The zero-order chi connectivity index (χ0) is 50.1. The predicted octanol–water partition coefficient (Wildman–Crippen LogP) is 13.4. The van der Waals surface area contributed by atoms with E-state index in [-0.39, 0.29) is 0 Å². The van der Waals surface area contributed by atoms with Crippen molar-refractivity contribution in [3.05, 3.63) is 247 Å². The molecular formula is C67H44B3NO3S. The van der Waals surface area contributed by atoms with Crippen molar-refractivity contribution in [2.24, 2.45) is 0 Å². The number of phenolic OH excluding ortho intramolecular Hbond substituents is 1. The van der Waals surface area contributed by atoms with Gasteiger partial charge in [-0.2, -0.15) is 0 Å². The summed E-state index contributed by atoms with van der Waals surface area (Å²) in [4.78, 5) is 2.41. The minimum atomic E-state index is -0.775. The number of hydrogen-bond acceptors (Lipinski definition) is 5. The molecule has 0 saturated heterocycles. The van der Waals surface area contributed by atoms with Crippen LogP contribution in [0.5, 0.6) is 17.2 Å². The largest absolute Gasteiger partial charge is 0.508 e. The Labute approximate surface area is 441 Å². The second kappa shape index (κ2) is 16.5. The first kappa shape index (κ1) is 43.6. The van der Waals surface area contributed by atoms with Crippen LogP contribution in [0.25, 0.3) is 86.6 Å². The third kappa shape index (κ3) is 6.21. The lowest BCUT2D eigenvalue weighted by Gasteiger charge is -2.41. The minimum Gasteiger partial charge on any atom is -0.508 e. The SMILES string of the molecule is Bc1c(B)c(-c2cc(N(c3ccccc3)c3cccc4oc5ccc(-c6ccccc6)cc5c34)cc3c2Oc2ccccc2C32c3ccccc3-c3ccccc32)c(B)c(-c2cccc3c2sc2ccccc23)c1O. The summed E-state index contributed by atoms with van der Waals surface area (Å²) in [5.74, 6) is 1.90. The number of phenols is 1. The van der Waals surface area contributed by atoms with Gasteiger partial charge in [-0.1, -0.05) is 180 Å². The maximum Gasteiger partial charge on any atom is 0.143 e. The maximum absolute atomic E-state index is 12.6. The summed E-state index contributed by atoms with van der Waals surface area (Å²) in [6.45, 7) is 0. The van der Waals surface area contributed by atoms with Gasteiger partial charge in [0, 0.05) is 64.8 Å². The molecule has 4 nitrogen and oxygen atoms in total. The number of furan rings is 1. The molecule has 13 aromatic rings. The van der Waals surface area contributed by atoms with E-state index in [4.69, 9.17) is 9.15 Å². The summed E-state index contributed by atoms with van der Waals surface area (Å²) in [6.07, 6.45) is 0. The number of fused-ring (bicyclic) bond motifs is 15. The van der Waals surface area contributed by atoms with Gasteiger partial charge in [0.1, 0.15) is 52.0 Å². The first-order valence-electron chi connectivity index (χ1n) is 25.6. The van der Waals surface area contributed by atoms with E-state index in [2.05, 4.69) is 253 Å². The van der Waals surface area contributed by atoms with Gasteiger partial charge in [-0.3, -0.25) is 0 Å². The standard InChI is InChI=1S/C67H44B3NO3S/c68-61-59(62(69)63(70)64(72)60(61)46-25-15-24-45-44-23-9-14-32-57(44)75-66(45)46)48-36-41(37-52-65(48)74-55-30-13-12-28-51(55)67(52)49-26-10-7-21-42(49)43-22-8-11-27-50(43)67)71(40-19-5-2-6-20-40)53-29-16-31-56-58(53)47-35-39(33-34-54(47)73-56)38-17-3-1-4-18-38/h1-37,72H,68-70H2. The predicted molar refractivity (Wildman–Crippen MR) is 321 cm³/mol. The van der Waals surface area contributed by atoms with Gasteiger partial charge in [-0.05, 0) is 99.6 Å². The first-order chi connectivity index (χ1) is 36.9. The fraction of sp³-hybridized carbons (Fsp3) is 0.0149. The van der Waals surface area contributed by atoms with Crippen molar-refractivity contribution < 1.29 is 14.3 Å². The highest BCUT2D eigenvalue weighted by Crippen LogP contribution is 2.64. The number of benzene rings is 11. The topological polar surface area (TPSA) is 45.8 Å². The van der Waals surface area contributed by atoms with Gasteiger partial charge in [-0.15, -0.1) is 11.3 Å². The van der Waals surface area contributed by atoms with Crippen molar-refractivity contribution >= 4 is 110 Å². The highest BCUT2D eigenvalue weighted by Gasteiger charge is 2.52. The van der Waals surface area contributed by atoms with Crippen molar-refractivity contribution in [2.45, 2.75) is 5.41 Å². The Hall–Kier alpha value is -8.97. The molecule has 1 aliphatic carbocycles. The molecule has 0 fully saturated rings. The Morgan fingerprint density at radius 3 is 1.88 bits per heavy atom. The van der Waals surface area contributed by atoms with Gasteiger partial charge in [0.15, 0.2) is 0 Å². The molecule has 0 radical (unpaired) electrons. The Bertz CT molecular complexity index is 4480. The van der Waals surface area contributed by atoms with Gasteiger partial charge in [-0.25, -0.2) is 0 Å². The highest BCUT2D eigenvalue weighted by atomic mass is 32.1. The van der Waals surface area contributed by atoms with Crippen LogP contribution in [0.4, 0.5) is 17.1 Å². The van der Waals surface area contributed by atoms with Crippen molar-refractivity contribution in [2.75, 3.05) is 4.90 Å². The maximum atomic E-state index is 12.6. The van der Waals surface area contributed by atoms with E-state index in [9.17, 15) is 5.11 Å². The minimum absolute atomic E-state index is 0.296. The lowest BCUT2D eigenvalue weighted by Crippen LogP contribution is -2.36. The fourth-order valence-electron chi connectivity index (χ4n) is 12.9. The molecule has 2 aliphatic rings. The van der Waals surface area contributed by atoms with E-state index in [0.29, 0.717) is 5.75 Å². The molecule has 1 N–H and O–H groups in total. The quantitative estimate of drug-likeness (QED) is 0.169. The van der Waals surface area contributed by atoms with Crippen LogP contribution in [0.1, 0.15) is 22.3 Å². The molecule has 1 aliphatic heterocycles. The molecule has 3 heterocycles. The molecule has 11 aromatic carbocycles. The second-order valence-corrected chi connectivity index (χ2v) is 21.1. The Morgan fingerprint density at radius 2 is 1.09 bits per heavy atom. The molecule has 0 bridgehead atoms. The van der Waals surface area contributed by atoms with Crippen molar-refractivity contribution in [3.8, 4) is 61.8 Å². The average Bonchev–Trinajstić information content (AvgIpc) is 4.13. The van der Waals surface area contributed by atoms with E-state index in [1.807, 2.05) is 0 Å². The summed E-state index contributed by atoms with van der Waals surface area (Å²) in [5, 5.41) is 17.1. The van der Waals surface area contributed by atoms with Crippen LogP contribution in [0.3, 0.4) is 0 Å². The summed E-state index contributed by atoms with van der Waals surface area (Å²) >= 11 is 1.78. The van der Waals surface area contributed by atoms with Crippen LogP contribution in [0.2, 0.25) is 0 Å². The molecule has 2 aromatic heterocycles. The van der Waals surface area contributed by atoms with Crippen molar-refractivity contribution in [3.63, 3.8) is 0 Å². The molecule has 15 rings (SSSR count). The third-order valence-electron chi connectivity index (χ3n) is 16.2. The Kier molecular flexibility index (Phi) is 9.61. The molecule has 75 heavy (non-hydrogen) atoms. The van der Waals surface area contributed by atoms with E-state index in [0.717, 1.165) is 116 Å². The zero-order valence-corrected chi connectivity index (χ0v) is 42.3. The van der Waals surface area contributed by atoms with Crippen LogP contribution in [0.15, 0.2) is 229 Å². The number of hydrogen-bond donors (Lipinski definition) is 1. The van der Waals surface area contributed by atoms with Gasteiger partial charge < -0.3 is 19.2 Å².